The lowest BCUT2D eigenvalue weighted by Crippen LogP contribution is -2.57. The topological polar surface area (TPSA) is 100.0 Å². The van der Waals surface area contributed by atoms with Crippen molar-refractivity contribution in [2.24, 2.45) is 0 Å². The Balaban J connectivity index is 0. The predicted molar refractivity (Wildman–Crippen MR) is 46.7 cm³/mol. The number of carbonyl (C=O) groups is 1. The summed E-state index contributed by atoms with van der Waals surface area (Å²) in [5.41, 5.74) is 0. The van der Waals surface area contributed by atoms with Crippen LogP contribution in [-0.4, -0.2) is 48.0 Å². The Morgan fingerprint density at radius 3 is 1.12 bits per heavy atom. The highest BCUT2D eigenvalue weighted by atomic mass is 19.4. The summed E-state index contributed by atoms with van der Waals surface area (Å²) >= 11 is 0. The third kappa shape index (κ3) is 6.29. The van der Waals surface area contributed by atoms with E-state index in [4.69, 9.17) is 5.11 Å². The van der Waals surface area contributed by atoms with Gasteiger partial charge in [-0.2, -0.15) is 43.9 Å². The maximum atomic E-state index is 12.7. The Morgan fingerprint density at radius 2 is 0.846 bits per heavy atom. The molecule has 0 radical (unpaired) electrons. The van der Waals surface area contributed by atoms with Gasteiger partial charge >= 0.3 is 42.9 Å². The fourth-order valence-corrected chi connectivity index (χ4v) is 0.749. The summed E-state index contributed by atoms with van der Waals surface area (Å²) in [6.45, 7) is 0. The van der Waals surface area contributed by atoms with Crippen LogP contribution in [0.25, 0.3) is 0 Å². The van der Waals surface area contributed by atoms with Gasteiger partial charge in [-0.25, -0.2) is 19.0 Å². The Kier molecular flexibility index (Phi) is 7.37. The summed E-state index contributed by atoms with van der Waals surface area (Å²) in [5, 5.41) is 7.65. The van der Waals surface area contributed by atoms with E-state index in [-0.39, 0.29) is 6.15 Å². The second-order valence-electron chi connectivity index (χ2n) is 3.64. The van der Waals surface area contributed by atoms with E-state index in [1.807, 2.05) is 0 Å². The summed E-state index contributed by atoms with van der Waals surface area (Å²) in [6, 6.07) is 0. The molecule has 0 aliphatic carbocycles. The van der Waals surface area contributed by atoms with Gasteiger partial charge in [0.1, 0.15) is 0 Å². The van der Waals surface area contributed by atoms with Crippen LogP contribution in [0.2, 0.25) is 0 Å². The quantitative estimate of drug-likeness (QED) is 0.570. The van der Waals surface area contributed by atoms with E-state index in [0.29, 0.717) is 0 Å². The van der Waals surface area contributed by atoms with Gasteiger partial charge in [0.2, 0.25) is 0 Å². The van der Waals surface area contributed by atoms with Gasteiger partial charge in [0.25, 0.3) is 0 Å². The molecule has 0 saturated heterocycles. The number of hydrogen-bond donors (Lipinski definition) is 2. The SMILES string of the molecule is N.O=C(O)C(F)(F)OC(F)(F)C(F)(F)OC(F)(F)C(F)(F)OC(F)(F)F. The van der Waals surface area contributed by atoms with Crippen LogP contribution in [0.1, 0.15) is 0 Å². The van der Waals surface area contributed by atoms with Crippen LogP contribution < -0.4 is 6.15 Å². The minimum absolute atomic E-state index is 0. The van der Waals surface area contributed by atoms with E-state index < -0.39 is 42.9 Å². The first-order valence-electron chi connectivity index (χ1n) is 4.86. The van der Waals surface area contributed by atoms with Crippen molar-refractivity contribution in [1.82, 2.24) is 6.15 Å². The summed E-state index contributed by atoms with van der Waals surface area (Å²) in [4.78, 5) is 9.72. The molecule has 0 fully saturated rings. The molecular formula is C7H4F13NO5. The van der Waals surface area contributed by atoms with Gasteiger partial charge < -0.3 is 11.3 Å². The van der Waals surface area contributed by atoms with Gasteiger partial charge in [0.05, 0.1) is 0 Å². The maximum absolute atomic E-state index is 12.7. The second kappa shape index (κ2) is 7.19. The lowest BCUT2D eigenvalue weighted by molar-refractivity contribution is -0.562. The molecule has 6 nitrogen and oxygen atoms in total. The normalized spacial score (nSPS) is 14.8. The number of ether oxygens (including phenoxy) is 3. The second-order valence-corrected chi connectivity index (χ2v) is 3.64. The Labute approximate surface area is 132 Å². The zero-order valence-corrected chi connectivity index (χ0v) is 11.2. The molecule has 19 heteroatoms. The van der Waals surface area contributed by atoms with Crippen molar-refractivity contribution in [3.63, 3.8) is 0 Å². The molecule has 0 rings (SSSR count). The summed E-state index contributed by atoms with van der Waals surface area (Å²) in [6.07, 6.45) is -41.1. The monoisotopic (exact) mass is 429 g/mol. The predicted octanol–water partition coefficient (Wildman–Crippen LogP) is 3.77. The molecule has 0 bridgehead atoms. The largest absolute Gasteiger partial charge is 0.527 e. The van der Waals surface area contributed by atoms with Gasteiger partial charge in [-0.1, -0.05) is 0 Å². The summed E-state index contributed by atoms with van der Waals surface area (Å²) < 4.78 is 164. The molecule has 0 saturated carbocycles. The summed E-state index contributed by atoms with van der Waals surface area (Å²) in [7, 11) is 0. The smallest absolute Gasteiger partial charge is 0.475 e. The third-order valence-corrected chi connectivity index (χ3v) is 1.68. The molecule has 4 N–H and O–H groups in total. The molecule has 0 aromatic carbocycles. The zero-order valence-electron chi connectivity index (χ0n) is 11.2. The standard InChI is InChI=1S/C7HF13O5.H3N/c8-2(9,1(21)22)23-3(10,11)4(12,13)24-5(14,15)6(16,17)25-7(18,19)20;/h(H,21,22);1H3. The van der Waals surface area contributed by atoms with Crippen LogP contribution in [0.3, 0.4) is 0 Å². The van der Waals surface area contributed by atoms with Crippen LogP contribution in [-0.2, 0) is 19.0 Å². The van der Waals surface area contributed by atoms with E-state index >= 15 is 0 Å². The van der Waals surface area contributed by atoms with E-state index in [0.717, 1.165) is 0 Å². The Morgan fingerprint density at radius 1 is 0.577 bits per heavy atom. The average Bonchev–Trinajstić information content (AvgIpc) is 2.21. The molecule has 0 spiro atoms. The minimum Gasteiger partial charge on any atom is -0.475 e. The van der Waals surface area contributed by atoms with Gasteiger partial charge in [-0.15, -0.1) is 13.2 Å². The summed E-state index contributed by atoms with van der Waals surface area (Å²) in [5.74, 6) is -3.64. The maximum Gasteiger partial charge on any atom is 0.527 e. The Bertz CT molecular complexity index is 504. The Hall–Kier alpha value is -1.60. The van der Waals surface area contributed by atoms with Crippen LogP contribution >= 0.6 is 0 Å². The van der Waals surface area contributed by atoms with Crippen LogP contribution in [0.4, 0.5) is 57.1 Å². The fraction of sp³-hybridized carbons (Fsp3) is 0.857. The van der Waals surface area contributed by atoms with Gasteiger partial charge in [0.15, 0.2) is 0 Å². The van der Waals surface area contributed by atoms with Crippen molar-refractivity contribution in [3.05, 3.63) is 0 Å². The lowest BCUT2D eigenvalue weighted by atomic mass is 10.5. The molecular weight excluding hydrogens is 425 g/mol. The van der Waals surface area contributed by atoms with Gasteiger partial charge in [0, 0.05) is 0 Å². The molecule has 0 aromatic rings. The number of halogens is 13. The van der Waals surface area contributed by atoms with Crippen molar-refractivity contribution in [2.45, 2.75) is 36.9 Å². The first kappa shape index (κ1) is 26.6. The fourth-order valence-electron chi connectivity index (χ4n) is 0.749. The number of alkyl halides is 13. The number of carboxylic acids is 1. The van der Waals surface area contributed by atoms with Crippen molar-refractivity contribution >= 4 is 5.97 Å². The lowest BCUT2D eigenvalue weighted by Gasteiger charge is -2.32. The highest BCUT2D eigenvalue weighted by Crippen LogP contribution is 2.48. The molecule has 0 atom stereocenters. The van der Waals surface area contributed by atoms with E-state index in [1.165, 1.54) is 9.47 Å². The van der Waals surface area contributed by atoms with Crippen LogP contribution in [0.15, 0.2) is 0 Å². The molecule has 158 valence electrons. The molecule has 0 aliphatic heterocycles. The molecule has 0 aromatic heterocycles. The molecule has 0 unspecified atom stereocenters. The van der Waals surface area contributed by atoms with Crippen molar-refractivity contribution in [1.29, 1.82) is 0 Å². The number of aliphatic carboxylic acids is 1. The zero-order chi connectivity index (χ0) is 20.7. The van der Waals surface area contributed by atoms with E-state index in [1.54, 1.807) is 4.74 Å². The molecule has 0 heterocycles. The van der Waals surface area contributed by atoms with Crippen LogP contribution in [0, 0.1) is 0 Å². The first-order chi connectivity index (χ1) is 10.6. The number of hydrogen-bond acceptors (Lipinski definition) is 5. The average molecular weight is 429 g/mol. The molecule has 0 amide bonds. The van der Waals surface area contributed by atoms with Crippen LogP contribution in [0.5, 0.6) is 0 Å². The van der Waals surface area contributed by atoms with Crippen molar-refractivity contribution in [2.75, 3.05) is 0 Å². The highest BCUT2D eigenvalue weighted by molar-refractivity contribution is 5.73. The first-order valence-corrected chi connectivity index (χ1v) is 4.86. The third-order valence-electron chi connectivity index (χ3n) is 1.68. The van der Waals surface area contributed by atoms with Crippen molar-refractivity contribution < 1.29 is 81.2 Å². The van der Waals surface area contributed by atoms with Gasteiger partial charge in [-0.3, -0.25) is 0 Å². The molecule has 0 aliphatic rings. The van der Waals surface area contributed by atoms with E-state index in [9.17, 15) is 61.9 Å². The number of rotatable bonds is 8. The minimum atomic E-state index is -7.17. The van der Waals surface area contributed by atoms with E-state index in [2.05, 4.69) is 0 Å². The number of carboxylic acid groups (broad SMARTS) is 1. The molecule has 26 heavy (non-hydrogen) atoms. The highest BCUT2D eigenvalue weighted by Gasteiger charge is 2.74. The van der Waals surface area contributed by atoms with Crippen molar-refractivity contribution in [3.8, 4) is 0 Å². The van der Waals surface area contributed by atoms with Gasteiger partial charge in [-0.05, 0) is 0 Å².